The Kier molecular flexibility index (Phi) is 4.07. The maximum atomic E-state index is 11.2. The molecule has 4 nitrogen and oxygen atoms in total. The quantitative estimate of drug-likeness (QED) is 0.726. The monoisotopic (exact) mass is 199 g/mol. The zero-order valence-electron chi connectivity index (χ0n) is 8.53. The summed E-state index contributed by atoms with van der Waals surface area (Å²) in [5, 5.41) is 8.46. The normalized spacial score (nSPS) is 23.8. The summed E-state index contributed by atoms with van der Waals surface area (Å²) >= 11 is 0. The Labute approximate surface area is 83.9 Å². The van der Waals surface area contributed by atoms with Crippen molar-refractivity contribution in [3.63, 3.8) is 0 Å². The van der Waals surface area contributed by atoms with Crippen LogP contribution in [0.4, 0.5) is 0 Å². The number of likely N-dealkylation sites (tertiary alicyclic amines) is 1. The minimum atomic E-state index is -0.744. The van der Waals surface area contributed by atoms with Gasteiger partial charge in [-0.05, 0) is 13.0 Å². The molecule has 1 atom stereocenters. The summed E-state index contributed by atoms with van der Waals surface area (Å²) in [6.45, 7) is 4.32. The van der Waals surface area contributed by atoms with Crippen LogP contribution < -0.4 is 0 Å². The molecule has 0 radical (unpaired) electrons. The van der Waals surface area contributed by atoms with E-state index in [-0.39, 0.29) is 12.3 Å². The topological polar surface area (TPSA) is 57.6 Å². The van der Waals surface area contributed by atoms with E-state index in [4.69, 9.17) is 5.11 Å². The van der Waals surface area contributed by atoms with Gasteiger partial charge in [0, 0.05) is 31.8 Å². The predicted molar refractivity (Wildman–Crippen MR) is 52.1 cm³/mol. The summed E-state index contributed by atoms with van der Waals surface area (Å²) in [6, 6.07) is 0. The molecule has 0 amide bonds. The third kappa shape index (κ3) is 3.46. The maximum Gasteiger partial charge on any atom is 0.303 e. The molecule has 1 fully saturated rings. The average molecular weight is 199 g/mol. The van der Waals surface area contributed by atoms with Crippen LogP contribution >= 0.6 is 0 Å². The molecule has 80 valence electrons. The van der Waals surface area contributed by atoms with Gasteiger partial charge in [-0.2, -0.15) is 0 Å². The van der Waals surface area contributed by atoms with Crippen molar-refractivity contribution in [1.29, 1.82) is 0 Å². The molecule has 1 saturated heterocycles. The molecule has 1 rings (SSSR count). The summed E-state index contributed by atoms with van der Waals surface area (Å²) in [6.07, 6.45) is 1.52. The number of piperidine rings is 1. The van der Waals surface area contributed by atoms with E-state index in [9.17, 15) is 9.59 Å². The first-order valence-electron chi connectivity index (χ1n) is 5.06. The number of hydrogen-bond acceptors (Lipinski definition) is 3. The van der Waals surface area contributed by atoms with E-state index in [2.05, 4.69) is 4.90 Å². The molecule has 14 heavy (non-hydrogen) atoms. The Morgan fingerprint density at radius 2 is 2.36 bits per heavy atom. The number of carbonyl (C=O) groups is 2. The van der Waals surface area contributed by atoms with E-state index in [1.54, 1.807) is 0 Å². The first kappa shape index (κ1) is 11.2. The second-order valence-corrected chi connectivity index (χ2v) is 3.92. The standard InChI is InChI=1S/C10H17NO3/c1-8-7-11(6-4-9(8)12)5-2-3-10(13)14/h8H,2-7H2,1H3,(H,13,14). The van der Waals surface area contributed by atoms with Crippen molar-refractivity contribution in [3.8, 4) is 0 Å². The molecule has 1 N–H and O–H groups in total. The van der Waals surface area contributed by atoms with Gasteiger partial charge in [0.05, 0.1) is 0 Å². The van der Waals surface area contributed by atoms with E-state index in [0.29, 0.717) is 18.6 Å². The lowest BCUT2D eigenvalue weighted by Gasteiger charge is -2.29. The number of carboxylic acid groups (broad SMARTS) is 1. The van der Waals surface area contributed by atoms with Gasteiger partial charge in [0.15, 0.2) is 0 Å². The highest BCUT2D eigenvalue weighted by atomic mass is 16.4. The number of ketones is 1. The van der Waals surface area contributed by atoms with Crippen LogP contribution in [0.15, 0.2) is 0 Å². The maximum absolute atomic E-state index is 11.2. The Bertz CT molecular complexity index is 227. The number of rotatable bonds is 4. The summed E-state index contributed by atoms with van der Waals surface area (Å²) in [5.74, 6) is -0.292. The molecular formula is C10H17NO3. The lowest BCUT2D eigenvalue weighted by molar-refractivity contribution is -0.137. The molecule has 4 heteroatoms. The fraction of sp³-hybridized carbons (Fsp3) is 0.800. The summed E-state index contributed by atoms with van der Waals surface area (Å²) < 4.78 is 0. The highest BCUT2D eigenvalue weighted by Gasteiger charge is 2.22. The molecule has 1 unspecified atom stereocenters. The van der Waals surface area contributed by atoms with Crippen LogP contribution in [0.5, 0.6) is 0 Å². The first-order valence-corrected chi connectivity index (χ1v) is 5.06. The molecule has 1 aliphatic rings. The zero-order chi connectivity index (χ0) is 10.6. The summed E-state index contributed by atoms with van der Waals surface area (Å²) in [7, 11) is 0. The minimum absolute atomic E-state index is 0.119. The van der Waals surface area contributed by atoms with Gasteiger partial charge in [-0.15, -0.1) is 0 Å². The van der Waals surface area contributed by atoms with Gasteiger partial charge in [0.1, 0.15) is 5.78 Å². The highest BCUT2D eigenvalue weighted by molar-refractivity contribution is 5.81. The number of hydrogen-bond donors (Lipinski definition) is 1. The predicted octanol–water partition coefficient (Wildman–Crippen LogP) is 0.762. The van der Waals surface area contributed by atoms with Crippen LogP contribution in [0.1, 0.15) is 26.2 Å². The molecule has 0 aliphatic carbocycles. The number of nitrogens with zero attached hydrogens (tertiary/aromatic N) is 1. The van der Waals surface area contributed by atoms with Gasteiger partial charge >= 0.3 is 5.97 Å². The van der Waals surface area contributed by atoms with Crippen molar-refractivity contribution in [3.05, 3.63) is 0 Å². The van der Waals surface area contributed by atoms with Gasteiger partial charge in [-0.1, -0.05) is 6.92 Å². The lowest BCUT2D eigenvalue weighted by atomic mass is 9.98. The van der Waals surface area contributed by atoms with Crippen LogP contribution in [0, 0.1) is 5.92 Å². The Hall–Kier alpha value is -0.900. The van der Waals surface area contributed by atoms with Gasteiger partial charge in [-0.25, -0.2) is 0 Å². The van der Waals surface area contributed by atoms with Crippen LogP contribution in [0.2, 0.25) is 0 Å². The van der Waals surface area contributed by atoms with Crippen LogP contribution in [-0.4, -0.2) is 41.4 Å². The summed E-state index contributed by atoms with van der Waals surface area (Å²) in [5.41, 5.74) is 0. The molecule has 0 spiro atoms. The highest BCUT2D eigenvalue weighted by Crippen LogP contribution is 2.12. The molecule has 0 bridgehead atoms. The lowest BCUT2D eigenvalue weighted by Crippen LogP contribution is -2.40. The van der Waals surface area contributed by atoms with Crippen molar-refractivity contribution in [1.82, 2.24) is 4.90 Å². The van der Waals surface area contributed by atoms with Crippen molar-refractivity contribution < 1.29 is 14.7 Å². The van der Waals surface area contributed by atoms with Gasteiger partial charge in [0.2, 0.25) is 0 Å². The molecule has 0 aromatic carbocycles. The van der Waals surface area contributed by atoms with Crippen LogP contribution in [0.3, 0.4) is 0 Å². The Morgan fingerprint density at radius 1 is 1.64 bits per heavy atom. The van der Waals surface area contributed by atoms with Crippen molar-refractivity contribution in [2.45, 2.75) is 26.2 Å². The SMILES string of the molecule is CC1CN(CCCC(=O)O)CCC1=O. The number of Topliss-reactive ketones (excluding diaryl/α,β-unsaturated/α-hetero) is 1. The molecule has 0 aromatic heterocycles. The molecular weight excluding hydrogens is 182 g/mol. The Morgan fingerprint density at radius 3 is 2.93 bits per heavy atom. The van der Waals surface area contributed by atoms with Gasteiger partial charge in [-0.3, -0.25) is 9.59 Å². The number of carboxylic acids is 1. The van der Waals surface area contributed by atoms with Gasteiger partial charge < -0.3 is 10.0 Å². The summed E-state index contributed by atoms with van der Waals surface area (Å²) in [4.78, 5) is 23.7. The fourth-order valence-corrected chi connectivity index (χ4v) is 1.75. The third-order valence-corrected chi connectivity index (χ3v) is 2.62. The first-order chi connectivity index (χ1) is 6.59. The van der Waals surface area contributed by atoms with Crippen molar-refractivity contribution in [2.24, 2.45) is 5.92 Å². The van der Waals surface area contributed by atoms with Crippen LogP contribution in [-0.2, 0) is 9.59 Å². The van der Waals surface area contributed by atoms with Crippen molar-refractivity contribution >= 4 is 11.8 Å². The number of aliphatic carboxylic acids is 1. The molecule has 1 aliphatic heterocycles. The van der Waals surface area contributed by atoms with Crippen molar-refractivity contribution in [2.75, 3.05) is 19.6 Å². The zero-order valence-corrected chi connectivity index (χ0v) is 8.53. The smallest absolute Gasteiger partial charge is 0.303 e. The Balaban J connectivity index is 2.20. The molecule has 0 aromatic rings. The van der Waals surface area contributed by atoms with E-state index in [1.807, 2.05) is 6.92 Å². The van der Waals surface area contributed by atoms with Crippen LogP contribution in [0.25, 0.3) is 0 Å². The van der Waals surface area contributed by atoms with E-state index >= 15 is 0 Å². The van der Waals surface area contributed by atoms with E-state index in [0.717, 1.165) is 19.6 Å². The van der Waals surface area contributed by atoms with Gasteiger partial charge in [0.25, 0.3) is 0 Å². The second-order valence-electron chi connectivity index (χ2n) is 3.92. The second kappa shape index (κ2) is 5.10. The number of carbonyl (C=O) groups excluding carboxylic acids is 1. The average Bonchev–Trinajstić information content (AvgIpc) is 2.10. The molecule has 1 heterocycles. The largest absolute Gasteiger partial charge is 0.481 e. The minimum Gasteiger partial charge on any atom is -0.481 e. The fourth-order valence-electron chi connectivity index (χ4n) is 1.75. The molecule has 0 saturated carbocycles. The van der Waals surface area contributed by atoms with E-state index in [1.165, 1.54) is 0 Å². The third-order valence-electron chi connectivity index (χ3n) is 2.62. The van der Waals surface area contributed by atoms with E-state index < -0.39 is 5.97 Å².